The predicted molar refractivity (Wildman–Crippen MR) is 75.1 cm³/mol. The van der Waals surface area contributed by atoms with Crippen LogP contribution in [0.25, 0.3) is 0 Å². The highest BCUT2D eigenvalue weighted by Crippen LogP contribution is 2.49. The Balaban J connectivity index is 2.88. The summed E-state index contributed by atoms with van der Waals surface area (Å²) in [5.41, 5.74) is 5.26. The molecule has 0 spiro atoms. The molecule has 1 aliphatic rings. The van der Waals surface area contributed by atoms with Crippen LogP contribution in [-0.2, 0) is 4.57 Å². The van der Waals surface area contributed by atoms with Crippen molar-refractivity contribution in [3.8, 4) is 0 Å². The van der Waals surface area contributed by atoms with Gasteiger partial charge in [0, 0.05) is 27.8 Å². The molecule has 96 valence electrons. The van der Waals surface area contributed by atoms with Crippen LogP contribution in [0.1, 0.15) is 6.42 Å². The van der Waals surface area contributed by atoms with Gasteiger partial charge in [0.15, 0.2) is 0 Å². The van der Waals surface area contributed by atoms with Crippen molar-refractivity contribution < 1.29 is 13.7 Å². The number of halogens is 3. The van der Waals surface area contributed by atoms with Crippen molar-refractivity contribution in [2.45, 2.75) is 6.42 Å². The lowest BCUT2D eigenvalue weighted by molar-refractivity contribution is -0.874. The number of likely N-dealkylation sites (tertiary alicyclic amines) is 1. The van der Waals surface area contributed by atoms with E-state index in [1.54, 1.807) is 0 Å². The van der Waals surface area contributed by atoms with Crippen molar-refractivity contribution in [1.29, 1.82) is 0 Å². The van der Waals surface area contributed by atoms with E-state index < -0.39 is 7.67 Å². The smallest absolute Gasteiger partial charge is 0.259 e. The topological polar surface area (TPSA) is 66.2 Å². The second-order valence-corrected chi connectivity index (χ2v) is 8.18. The molecule has 0 aromatic carbocycles. The summed E-state index contributed by atoms with van der Waals surface area (Å²) in [5.74, 6) is 0. The van der Waals surface area contributed by atoms with Crippen molar-refractivity contribution >= 4 is 55.5 Å². The molecule has 0 radical (unpaired) electrons. The Kier molecular flexibility index (Phi) is 5.54. The highest BCUT2D eigenvalue weighted by molar-refractivity contribution is 9.10. The second-order valence-electron chi connectivity index (χ2n) is 4.52. The molecule has 1 aliphatic heterocycles. The fourth-order valence-electron chi connectivity index (χ4n) is 1.92. The molecule has 1 atom stereocenters. The molecule has 0 aromatic heterocycles. The number of rotatable bonds is 6. The monoisotopic (exact) mass is 440 g/mol. The van der Waals surface area contributed by atoms with Crippen LogP contribution in [0, 0.1) is 5.41 Å². The van der Waals surface area contributed by atoms with Gasteiger partial charge in [0.25, 0.3) is 7.67 Å². The Morgan fingerprint density at radius 1 is 1.25 bits per heavy atom. The van der Waals surface area contributed by atoms with Crippen LogP contribution in [0.2, 0.25) is 0 Å². The number of quaternary nitrogens is 1. The predicted octanol–water partition coefficient (Wildman–Crippen LogP) is 1.81. The van der Waals surface area contributed by atoms with Gasteiger partial charge in [-0.05, 0) is 0 Å². The normalized spacial score (nSPS) is 23.6. The zero-order chi connectivity index (χ0) is 12.4. The molecule has 1 rings (SSSR count). The van der Waals surface area contributed by atoms with Gasteiger partial charge in [0.2, 0.25) is 0 Å². The van der Waals surface area contributed by atoms with Crippen molar-refractivity contribution in [2.24, 2.45) is 10.9 Å². The Labute approximate surface area is 121 Å². The summed E-state index contributed by atoms with van der Waals surface area (Å²) in [6, 6.07) is 0. The molecule has 1 fully saturated rings. The Bertz CT molecular complexity index is 281. The molecule has 8 heteroatoms. The third-order valence-corrected chi connectivity index (χ3v) is 8.51. The summed E-state index contributed by atoms with van der Waals surface area (Å²) in [6.45, 7) is 1.85. The van der Waals surface area contributed by atoms with Crippen LogP contribution in [0.3, 0.4) is 0 Å². The number of alkyl halides is 3. The molecule has 4 nitrogen and oxygen atoms in total. The lowest BCUT2D eigenvalue weighted by Crippen LogP contribution is -2.63. The van der Waals surface area contributed by atoms with Gasteiger partial charge in [0.1, 0.15) is 0 Å². The first kappa shape index (κ1) is 15.6. The van der Waals surface area contributed by atoms with Crippen LogP contribution in [0.4, 0.5) is 0 Å². The summed E-state index contributed by atoms with van der Waals surface area (Å²) in [7, 11) is -3.81. The van der Waals surface area contributed by atoms with E-state index in [1.807, 2.05) is 0 Å². The standard InChI is InChI=1S/C8H16Br3N2O2P/c9-4-8(5-10,6-11)7-13(2-1-3-13)16(12,14)15/h1-7H2,(H2-,12,14,15). The molecule has 0 aliphatic carbocycles. The van der Waals surface area contributed by atoms with E-state index in [0.717, 1.165) is 22.4 Å². The van der Waals surface area contributed by atoms with Gasteiger partial charge >= 0.3 is 0 Å². The molecule has 0 saturated carbocycles. The summed E-state index contributed by atoms with van der Waals surface area (Å²) < 4.78 is 11.7. The van der Waals surface area contributed by atoms with Gasteiger partial charge in [0.05, 0.1) is 19.6 Å². The van der Waals surface area contributed by atoms with Crippen LogP contribution in [-0.4, -0.2) is 39.9 Å². The minimum absolute atomic E-state index is 0.0514. The maximum absolute atomic E-state index is 11.7. The summed E-state index contributed by atoms with van der Waals surface area (Å²) in [5, 5.41) is 2.24. The van der Waals surface area contributed by atoms with E-state index in [0.29, 0.717) is 19.6 Å². The van der Waals surface area contributed by atoms with Gasteiger partial charge in [-0.2, -0.15) is 0 Å². The van der Waals surface area contributed by atoms with E-state index in [2.05, 4.69) is 47.8 Å². The van der Waals surface area contributed by atoms with E-state index in [9.17, 15) is 9.46 Å². The average Bonchev–Trinajstić information content (AvgIpc) is 2.16. The average molecular weight is 443 g/mol. The first-order chi connectivity index (χ1) is 7.35. The van der Waals surface area contributed by atoms with Crippen molar-refractivity contribution in [3.63, 3.8) is 0 Å². The maximum Gasteiger partial charge on any atom is 0.259 e. The molecule has 1 heterocycles. The van der Waals surface area contributed by atoms with E-state index in [1.165, 1.54) is 0 Å². The van der Waals surface area contributed by atoms with Crippen LogP contribution >= 0.6 is 55.5 Å². The minimum atomic E-state index is -3.81. The molecule has 0 bridgehead atoms. The fraction of sp³-hybridized carbons (Fsp3) is 1.00. The third-order valence-electron chi connectivity index (χ3n) is 3.22. The molecule has 1 unspecified atom stereocenters. The quantitative estimate of drug-likeness (QED) is 0.504. The maximum atomic E-state index is 11.7. The van der Waals surface area contributed by atoms with Gasteiger partial charge in [-0.3, -0.25) is 8.82 Å². The molecule has 2 N–H and O–H groups in total. The summed E-state index contributed by atoms with van der Waals surface area (Å²) in [4.78, 5) is 11.7. The van der Waals surface area contributed by atoms with Crippen molar-refractivity contribution in [1.82, 2.24) is 0 Å². The molecule has 0 amide bonds. The fourth-order valence-corrected chi connectivity index (χ4v) is 6.57. The van der Waals surface area contributed by atoms with Crippen LogP contribution < -0.4 is 10.4 Å². The van der Waals surface area contributed by atoms with Crippen LogP contribution in [0.15, 0.2) is 0 Å². The minimum Gasteiger partial charge on any atom is -0.741 e. The van der Waals surface area contributed by atoms with E-state index in [4.69, 9.17) is 5.50 Å². The number of nitrogens with two attached hydrogens (primary N) is 1. The zero-order valence-electron chi connectivity index (χ0n) is 8.87. The number of hydrogen-bond donors (Lipinski definition) is 1. The second kappa shape index (κ2) is 5.68. The highest BCUT2D eigenvalue weighted by atomic mass is 79.9. The Morgan fingerprint density at radius 3 is 1.88 bits per heavy atom. The molecule has 16 heavy (non-hydrogen) atoms. The highest BCUT2D eigenvalue weighted by Gasteiger charge is 2.48. The zero-order valence-corrected chi connectivity index (χ0v) is 14.5. The van der Waals surface area contributed by atoms with E-state index in [-0.39, 0.29) is 9.67 Å². The Hall–Kier alpha value is 1.55. The van der Waals surface area contributed by atoms with Crippen molar-refractivity contribution in [2.75, 3.05) is 35.6 Å². The first-order valence-electron chi connectivity index (χ1n) is 4.99. The van der Waals surface area contributed by atoms with Crippen LogP contribution in [0.5, 0.6) is 0 Å². The van der Waals surface area contributed by atoms with Gasteiger partial charge < -0.3 is 4.89 Å². The largest absolute Gasteiger partial charge is 0.741 e. The lowest BCUT2D eigenvalue weighted by atomic mass is 9.94. The van der Waals surface area contributed by atoms with E-state index >= 15 is 0 Å². The summed E-state index contributed by atoms with van der Waals surface area (Å²) in [6.07, 6.45) is 0.937. The van der Waals surface area contributed by atoms with Gasteiger partial charge in [-0.1, -0.05) is 47.8 Å². The number of hydrogen-bond acceptors (Lipinski definition) is 2. The SMILES string of the molecule is NP(=O)([O-])[N+]1(CC(CBr)(CBr)CBr)CCC1. The van der Waals surface area contributed by atoms with Crippen molar-refractivity contribution in [3.05, 3.63) is 0 Å². The lowest BCUT2D eigenvalue weighted by Gasteiger charge is -2.54. The molecule has 1 saturated heterocycles. The Morgan fingerprint density at radius 2 is 1.69 bits per heavy atom. The van der Waals surface area contributed by atoms with Gasteiger partial charge in [-0.25, -0.2) is 5.50 Å². The molecular formula is C8H16Br3N2O2P. The third kappa shape index (κ3) is 2.92. The molecule has 0 aromatic rings. The molecular weight excluding hydrogens is 427 g/mol. The summed E-state index contributed by atoms with van der Waals surface area (Å²) >= 11 is 10.4. The first-order valence-corrected chi connectivity index (χ1v) is 10.00. The van der Waals surface area contributed by atoms with Gasteiger partial charge in [-0.15, -0.1) is 0 Å². The number of nitrogens with zero attached hydrogens (tertiary/aromatic N) is 1.